The highest BCUT2D eigenvalue weighted by Crippen LogP contribution is 2.11. The van der Waals surface area contributed by atoms with E-state index in [-0.39, 0.29) is 0 Å². The molecule has 0 saturated heterocycles. The summed E-state index contributed by atoms with van der Waals surface area (Å²) in [4.78, 5) is 14.7. The smallest absolute Gasteiger partial charge is 0.150 e. The van der Waals surface area contributed by atoms with Crippen molar-refractivity contribution in [1.29, 1.82) is 0 Å². The zero-order valence-corrected chi connectivity index (χ0v) is 8.71. The number of hydrogen-bond acceptors (Lipinski definition) is 2. The summed E-state index contributed by atoms with van der Waals surface area (Å²) in [5, 5.41) is 0. The number of carbonyl (C=O) groups excluding carboxylic acids is 1. The molecule has 0 bridgehead atoms. The van der Waals surface area contributed by atoms with Gasteiger partial charge in [-0.15, -0.1) is 0 Å². The van der Waals surface area contributed by atoms with Crippen LogP contribution in [-0.2, 0) is 0 Å². The van der Waals surface area contributed by atoms with Gasteiger partial charge in [0.2, 0.25) is 0 Å². The molecular formula is C14H11NO. The molecule has 1 heterocycles. The number of carbonyl (C=O) groups is 1. The van der Waals surface area contributed by atoms with Crippen molar-refractivity contribution in [2.24, 2.45) is 0 Å². The van der Waals surface area contributed by atoms with Crippen molar-refractivity contribution in [3.05, 3.63) is 65.5 Å². The van der Waals surface area contributed by atoms with Crippen LogP contribution in [0.1, 0.15) is 21.5 Å². The molecule has 0 aliphatic carbocycles. The first kappa shape index (κ1) is 10.3. The highest BCUT2D eigenvalue weighted by atomic mass is 16.1. The van der Waals surface area contributed by atoms with Crippen molar-refractivity contribution in [3.8, 4) is 0 Å². The Balaban J connectivity index is 2.27. The van der Waals surface area contributed by atoms with Crippen molar-refractivity contribution in [2.45, 2.75) is 0 Å². The summed E-state index contributed by atoms with van der Waals surface area (Å²) in [6.07, 6.45) is 8.24. The van der Waals surface area contributed by atoms with Gasteiger partial charge in [-0.25, -0.2) is 0 Å². The Hall–Kier alpha value is -2.22. The fourth-order valence-corrected chi connectivity index (χ4v) is 1.43. The lowest BCUT2D eigenvalue weighted by Gasteiger charge is -1.97. The van der Waals surface area contributed by atoms with Gasteiger partial charge in [0.15, 0.2) is 6.29 Å². The number of benzene rings is 1. The van der Waals surface area contributed by atoms with Gasteiger partial charge in [-0.05, 0) is 23.3 Å². The van der Waals surface area contributed by atoms with Crippen molar-refractivity contribution in [1.82, 2.24) is 4.98 Å². The third kappa shape index (κ3) is 2.42. The van der Waals surface area contributed by atoms with Gasteiger partial charge < -0.3 is 0 Å². The van der Waals surface area contributed by atoms with Gasteiger partial charge >= 0.3 is 0 Å². The minimum atomic E-state index is 0.702. The van der Waals surface area contributed by atoms with Crippen molar-refractivity contribution < 1.29 is 4.79 Å². The van der Waals surface area contributed by atoms with Gasteiger partial charge in [0.05, 0.1) is 0 Å². The van der Waals surface area contributed by atoms with E-state index in [2.05, 4.69) is 4.98 Å². The Morgan fingerprint density at radius 1 is 0.875 bits per heavy atom. The van der Waals surface area contributed by atoms with E-state index in [1.54, 1.807) is 18.5 Å². The number of aromatic nitrogens is 1. The van der Waals surface area contributed by atoms with Crippen LogP contribution in [0, 0.1) is 0 Å². The van der Waals surface area contributed by atoms with Gasteiger partial charge in [0, 0.05) is 18.0 Å². The fraction of sp³-hybridized carbons (Fsp3) is 0. The molecule has 78 valence electrons. The van der Waals surface area contributed by atoms with E-state index >= 15 is 0 Å². The lowest BCUT2D eigenvalue weighted by molar-refractivity contribution is 0.112. The van der Waals surface area contributed by atoms with Crippen LogP contribution in [0.15, 0.2) is 48.8 Å². The SMILES string of the molecule is O=Cc1ccccc1/C=C/c1ccncc1. The summed E-state index contributed by atoms with van der Waals surface area (Å²) in [5.74, 6) is 0. The predicted molar refractivity (Wildman–Crippen MR) is 65.0 cm³/mol. The van der Waals surface area contributed by atoms with Crippen LogP contribution in [0.5, 0.6) is 0 Å². The maximum atomic E-state index is 10.8. The maximum Gasteiger partial charge on any atom is 0.150 e. The van der Waals surface area contributed by atoms with Gasteiger partial charge in [0.1, 0.15) is 0 Å². The summed E-state index contributed by atoms with van der Waals surface area (Å²) < 4.78 is 0. The Morgan fingerprint density at radius 3 is 2.25 bits per heavy atom. The second-order valence-corrected chi connectivity index (χ2v) is 3.36. The summed E-state index contributed by atoms with van der Waals surface area (Å²) in [7, 11) is 0. The summed E-state index contributed by atoms with van der Waals surface area (Å²) >= 11 is 0. The molecule has 16 heavy (non-hydrogen) atoms. The van der Waals surface area contributed by atoms with Crippen LogP contribution in [0.25, 0.3) is 12.2 Å². The molecule has 1 aromatic heterocycles. The normalized spacial score (nSPS) is 10.5. The molecule has 0 saturated carbocycles. The minimum Gasteiger partial charge on any atom is -0.298 e. The second-order valence-electron chi connectivity index (χ2n) is 3.36. The molecule has 2 nitrogen and oxygen atoms in total. The number of hydrogen-bond donors (Lipinski definition) is 0. The Bertz CT molecular complexity index is 503. The number of pyridine rings is 1. The molecule has 0 amide bonds. The number of nitrogens with zero attached hydrogens (tertiary/aromatic N) is 1. The van der Waals surface area contributed by atoms with Crippen LogP contribution in [-0.4, -0.2) is 11.3 Å². The van der Waals surface area contributed by atoms with Gasteiger partial charge in [-0.2, -0.15) is 0 Å². The molecule has 0 radical (unpaired) electrons. The molecule has 2 aromatic rings. The maximum absolute atomic E-state index is 10.8. The summed E-state index contributed by atoms with van der Waals surface area (Å²) in [6, 6.07) is 11.3. The standard InChI is InChI=1S/C14H11NO/c16-11-14-4-2-1-3-13(14)6-5-12-7-9-15-10-8-12/h1-11H/b6-5+. The molecule has 0 fully saturated rings. The van der Waals surface area contributed by atoms with Crippen LogP contribution in [0.4, 0.5) is 0 Å². The molecule has 0 N–H and O–H groups in total. The van der Waals surface area contributed by atoms with Crippen LogP contribution in [0.2, 0.25) is 0 Å². The Labute approximate surface area is 94.3 Å². The van der Waals surface area contributed by atoms with Gasteiger partial charge in [-0.3, -0.25) is 9.78 Å². The van der Waals surface area contributed by atoms with E-state index in [1.807, 2.05) is 42.5 Å². The third-order valence-electron chi connectivity index (χ3n) is 2.28. The van der Waals surface area contributed by atoms with E-state index in [1.165, 1.54) is 0 Å². The van der Waals surface area contributed by atoms with E-state index in [4.69, 9.17) is 0 Å². The first-order valence-corrected chi connectivity index (χ1v) is 5.02. The minimum absolute atomic E-state index is 0.702. The largest absolute Gasteiger partial charge is 0.298 e. The van der Waals surface area contributed by atoms with E-state index in [9.17, 15) is 4.79 Å². The summed E-state index contributed by atoms with van der Waals surface area (Å²) in [6.45, 7) is 0. The van der Waals surface area contributed by atoms with Crippen molar-refractivity contribution in [3.63, 3.8) is 0 Å². The average molecular weight is 209 g/mol. The molecule has 1 aromatic carbocycles. The highest BCUT2D eigenvalue weighted by Gasteiger charge is 1.95. The Morgan fingerprint density at radius 2 is 1.56 bits per heavy atom. The zero-order chi connectivity index (χ0) is 11.2. The van der Waals surface area contributed by atoms with Crippen molar-refractivity contribution in [2.75, 3.05) is 0 Å². The number of aldehydes is 1. The van der Waals surface area contributed by atoms with Crippen LogP contribution in [0.3, 0.4) is 0 Å². The lowest BCUT2D eigenvalue weighted by atomic mass is 10.1. The average Bonchev–Trinajstić information content (AvgIpc) is 2.38. The quantitative estimate of drug-likeness (QED) is 0.727. The van der Waals surface area contributed by atoms with Gasteiger partial charge in [-0.1, -0.05) is 36.4 Å². The van der Waals surface area contributed by atoms with E-state index in [0.717, 1.165) is 17.4 Å². The fourth-order valence-electron chi connectivity index (χ4n) is 1.43. The molecule has 0 aliphatic rings. The summed E-state index contributed by atoms with van der Waals surface area (Å²) in [5.41, 5.74) is 2.69. The zero-order valence-electron chi connectivity index (χ0n) is 8.71. The van der Waals surface area contributed by atoms with E-state index in [0.29, 0.717) is 5.56 Å². The molecule has 2 rings (SSSR count). The first-order valence-electron chi connectivity index (χ1n) is 5.02. The number of rotatable bonds is 3. The molecule has 0 aliphatic heterocycles. The van der Waals surface area contributed by atoms with Crippen LogP contribution >= 0.6 is 0 Å². The highest BCUT2D eigenvalue weighted by molar-refractivity contribution is 5.84. The van der Waals surface area contributed by atoms with Crippen LogP contribution < -0.4 is 0 Å². The monoisotopic (exact) mass is 209 g/mol. The lowest BCUT2D eigenvalue weighted by Crippen LogP contribution is -1.84. The topological polar surface area (TPSA) is 30.0 Å². The predicted octanol–water partition coefficient (Wildman–Crippen LogP) is 3.06. The molecule has 0 unspecified atom stereocenters. The third-order valence-corrected chi connectivity index (χ3v) is 2.28. The molecular weight excluding hydrogens is 198 g/mol. The van der Waals surface area contributed by atoms with E-state index < -0.39 is 0 Å². The molecule has 0 atom stereocenters. The first-order chi connectivity index (χ1) is 7.90. The molecule has 0 spiro atoms. The second kappa shape index (κ2) is 5.03. The Kier molecular flexibility index (Phi) is 3.24. The van der Waals surface area contributed by atoms with Crippen molar-refractivity contribution >= 4 is 18.4 Å². The molecule has 2 heteroatoms. The van der Waals surface area contributed by atoms with Gasteiger partial charge in [0.25, 0.3) is 0 Å².